The van der Waals surface area contributed by atoms with E-state index >= 15 is 0 Å². The van der Waals surface area contributed by atoms with Crippen LogP contribution in [0.1, 0.15) is 25.0 Å². The second kappa shape index (κ2) is 12.2. The van der Waals surface area contributed by atoms with Crippen LogP contribution in [0.2, 0.25) is 0 Å². The van der Waals surface area contributed by atoms with Crippen molar-refractivity contribution >= 4 is 5.96 Å². The molecule has 0 aliphatic heterocycles. The first-order chi connectivity index (χ1) is 15.7. The Labute approximate surface area is 189 Å². The quantitative estimate of drug-likeness (QED) is 0.360. The molecule has 0 bridgehead atoms. The Morgan fingerprint density at radius 1 is 0.906 bits per heavy atom. The van der Waals surface area contributed by atoms with E-state index in [2.05, 4.69) is 20.6 Å². The molecule has 3 rings (SSSR count). The number of nitrogens with one attached hydrogen (secondary N) is 2. The summed E-state index contributed by atoms with van der Waals surface area (Å²) in [6.45, 7) is 6.50. The minimum Gasteiger partial charge on any atom is -0.497 e. The Balaban J connectivity index is 1.58. The van der Waals surface area contributed by atoms with Crippen molar-refractivity contribution in [3.63, 3.8) is 0 Å². The van der Waals surface area contributed by atoms with Crippen LogP contribution in [0.4, 0.5) is 0 Å². The Kier molecular flexibility index (Phi) is 8.74. The molecule has 32 heavy (non-hydrogen) atoms. The predicted molar refractivity (Wildman–Crippen MR) is 127 cm³/mol. The Hall–Kier alpha value is -3.74. The molecule has 0 saturated carbocycles. The number of benzene rings is 2. The molecule has 0 aliphatic rings. The maximum atomic E-state index is 5.88. The summed E-state index contributed by atoms with van der Waals surface area (Å²) in [7, 11) is 1.66. The molecule has 7 heteroatoms. The molecular weight excluding hydrogens is 404 g/mol. The largest absolute Gasteiger partial charge is 0.497 e. The minimum atomic E-state index is 0.501. The van der Waals surface area contributed by atoms with Crippen LogP contribution < -0.4 is 24.8 Å². The molecular formula is C25H30N4O3. The van der Waals surface area contributed by atoms with Crippen molar-refractivity contribution in [2.24, 2.45) is 4.99 Å². The topological polar surface area (TPSA) is 77.0 Å². The van der Waals surface area contributed by atoms with Gasteiger partial charge in [-0.05, 0) is 49.2 Å². The Bertz CT molecular complexity index is 989. The maximum Gasteiger partial charge on any atom is 0.219 e. The van der Waals surface area contributed by atoms with Crippen LogP contribution >= 0.6 is 0 Å². The second-order valence-corrected chi connectivity index (χ2v) is 6.88. The molecule has 0 spiro atoms. The number of aromatic nitrogens is 1. The number of methoxy groups -OCH3 is 1. The van der Waals surface area contributed by atoms with Gasteiger partial charge >= 0.3 is 0 Å². The molecule has 0 amide bonds. The lowest BCUT2D eigenvalue weighted by molar-refractivity contribution is 0.319. The molecule has 2 N–H and O–H groups in total. The van der Waals surface area contributed by atoms with E-state index < -0.39 is 0 Å². The number of guanidine groups is 1. The van der Waals surface area contributed by atoms with Crippen molar-refractivity contribution < 1.29 is 14.2 Å². The molecule has 168 valence electrons. The van der Waals surface area contributed by atoms with Gasteiger partial charge in [0.25, 0.3) is 0 Å². The number of hydrogen-bond acceptors (Lipinski definition) is 5. The second-order valence-electron chi connectivity index (χ2n) is 6.88. The van der Waals surface area contributed by atoms with Gasteiger partial charge in [-0.2, -0.15) is 0 Å². The van der Waals surface area contributed by atoms with Gasteiger partial charge < -0.3 is 24.8 Å². The van der Waals surface area contributed by atoms with Crippen LogP contribution in [0.15, 0.2) is 71.9 Å². The van der Waals surface area contributed by atoms with Gasteiger partial charge in [-0.15, -0.1) is 0 Å². The lowest BCUT2D eigenvalue weighted by atomic mass is 10.2. The molecule has 0 saturated heterocycles. The molecule has 0 atom stereocenters. The van der Waals surface area contributed by atoms with E-state index in [1.165, 1.54) is 0 Å². The van der Waals surface area contributed by atoms with Crippen LogP contribution in [0, 0.1) is 0 Å². The van der Waals surface area contributed by atoms with Gasteiger partial charge in [0.15, 0.2) is 17.5 Å². The van der Waals surface area contributed by atoms with Crippen molar-refractivity contribution in [2.45, 2.75) is 26.9 Å². The molecule has 1 heterocycles. The lowest BCUT2D eigenvalue weighted by Gasteiger charge is -2.12. The lowest BCUT2D eigenvalue weighted by Crippen LogP contribution is -2.36. The highest BCUT2D eigenvalue weighted by Gasteiger charge is 2.06. The van der Waals surface area contributed by atoms with Gasteiger partial charge in [0.1, 0.15) is 5.75 Å². The van der Waals surface area contributed by atoms with Crippen molar-refractivity contribution in [1.82, 2.24) is 15.6 Å². The van der Waals surface area contributed by atoms with Gasteiger partial charge in [-0.3, -0.25) is 0 Å². The zero-order valence-electron chi connectivity index (χ0n) is 18.8. The fraction of sp³-hybridized carbons (Fsp3) is 0.280. The predicted octanol–water partition coefficient (Wildman–Crippen LogP) is 4.54. The highest BCUT2D eigenvalue weighted by Crippen LogP contribution is 2.30. The number of pyridine rings is 1. The van der Waals surface area contributed by atoms with Crippen molar-refractivity contribution in [1.29, 1.82) is 0 Å². The van der Waals surface area contributed by atoms with Crippen LogP contribution in [-0.4, -0.2) is 31.2 Å². The summed E-state index contributed by atoms with van der Waals surface area (Å²) in [5.41, 5.74) is 2.13. The highest BCUT2D eigenvalue weighted by molar-refractivity contribution is 5.79. The Morgan fingerprint density at radius 3 is 2.31 bits per heavy atom. The maximum absolute atomic E-state index is 5.88. The molecule has 0 fully saturated rings. The molecule has 0 aliphatic carbocycles. The van der Waals surface area contributed by atoms with E-state index in [1.807, 2.05) is 74.5 Å². The standard InChI is InChI=1S/C25H30N4O3/c1-4-26-25(28-16-19-10-13-21(30-3)14-11-19)29-18-20-12-15-24(27-17-20)32-23-9-7-6-8-22(23)31-5-2/h6-15,17H,4-5,16,18H2,1-3H3,(H2,26,28,29). The molecule has 7 nitrogen and oxygen atoms in total. The van der Waals surface area contributed by atoms with Crippen LogP contribution in [0.3, 0.4) is 0 Å². The van der Waals surface area contributed by atoms with Gasteiger partial charge in [-0.1, -0.05) is 30.3 Å². The molecule has 0 unspecified atom stereocenters. The first-order valence-corrected chi connectivity index (χ1v) is 10.7. The molecule has 1 aromatic heterocycles. The summed E-state index contributed by atoms with van der Waals surface area (Å²) in [4.78, 5) is 9.06. The molecule has 0 radical (unpaired) electrons. The van der Waals surface area contributed by atoms with E-state index in [-0.39, 0.29) is 0 Å². The van der Waals surface area contributed by atoms with Crippen molar-refractivity contribution in [3.8, 4) is 23.1 Å². The average Bonchev–Trinajstić information content (AvgIpc) is 2.83. The Morgan fingerprint density at radius 2 is 1.66 bits per heavy atom. The third kappa shape index (κ3) is 6.91. The van der Waals surface area contributed by atoms with Gasteiger partial charge in [0.2, 0.25) is 5.88 Å². The average molecular weight is 435 g/mol. The third-order valence-corrected chi connectivity index (χ3v) is 4.54. The molecule has 2 aromatic carbocycles. The van der Waals surface area contributed by atoms with E-state index in [0.717, 1.165) is 29.4 Å². The monoisotopic (exact) mass is 434 g/mol. The van der Waals surface area contributed by atoms with Gasteiger partial charge in [0, 0.05) is 25.4 Å². The van der Waals surface area contributed by atoms with Crippen LogP contribution in [0.5, 0.6) is 23.1 Å². The zero-order valence-corrected chi connectivity index (χ0v) is 18.8. The first kappa shape index (κ1) is 22.9. The highest BCUT2D eigenvalue weighted by atomic mass is 16.5. The van der Waals surface area contributed by atoms with Crippen molar-refractivity contribution in [2.75, 3.05) is 20.3 Å². The summed E-state index contributed by atoms with van der Waals surface area (Å²) in [5.74, 6) is 3.44. The van der Waals surface area contributed by atoms with E-state index in [0.29, 0.717) is 37.1 Å². The number of nitrogens with zero attached hydrogens (tertiary/aromatic N) is 2. The normalized spacial score (nSPS) is 11.0. The first-order valence-electron chi connectivity index (χ1n) is 10.7. The SMILES string of the molecule is CCNC(=NCc1ccc(Oc2ccccc2OCC)nc1)NCc1ccc(OC)cc1. The number of hydrogen-bond donors (Lipinski definition) is 2. The minimum absolute atomic E-state index is 0.501. The fourth-order valence-corrected chi connectivity index (χ4v) is 2.93. The zero-order chi connectivity index (χ0) is 22.6. The smallest absolute Gasteiger partial charge is 0.219 e. The summed E-state index contributed by atoms with van der Waals surface area (Å²) >= 11 is 0. The van der Waals surface area contributed by atoms with E-state index in [4.69, 9.17) is 14.2 Å². The summed E-state index contributed by atoms with van der Waals surface area (Å²) in [5, 5.41) is 6.61. The van der Waals surface area contributed by atoms with Crippen LogP contribution in [-0.2, 0) is 13.1 Å². The van der Waals surface area contributed by atoms with E-state index in [1.54, 1.807) is 13.3 Å². The number of para-hydroxylation sites is 2. The van der Waals surface area contributed by atoms with Gasteiger partial charge in [0.05, 0.1) is 20.3 Å². The number of aliphatic imine (C=N–C) groups is 1. The van der Waals surface area contributed by atoms with Crippen LogP contribution in [0.25, 0.3) is 0 Å². The summed E-state index contributed by atoms with van der Waals surface area (Å²) < 4.78 is 16.7. The van der Waals surface area contributed by atoms with Gasteiger partial charge in [-0.25, -0.2) is 9.98 Å². The summed E-state index contributed by atoms with van der Waals surface area (Å²) in [6, 6.07) is 19.3. The molecule has 3 aromatic rings. The summed E-state index contributed by atoms with van der Waals surface area (Å²) in [6.07, 6.45) is 1.77. The van der Waals surface area contributed by atoms with Crippen molar-refractivity contribution in [3.05, 3.63) is 78.0 Å². The fourth-order valence-electron chi connectivity index (χ4n) is 2.93. The number of rotatable bonds is 10. The van der Waals surface area contributed by atoms with E-state index in [9.17, 15) is 0 Å². The third-order valence-electron chi connectivity index (χ3n) is 4.54. The number of ether oxygens (including phenoxy) is 3.